The number of sulfonamides is 1. The van der Waals surface area contributed by atoms with E-state index < -0.39 is 10.0 Å². The van der Waals surface area contributed by atoms with Gasteiger partial charge in [-0.3, -0.25) is 0 Å². The first-order valence-corrected chi connectivity index (χ1v) is 9.80. The molecule has 128 valence electrons. The van der Waals surface area contributed by atoms with Crippen molar-refractivity contribution in [1.29, 1.82) is 0 Å². The molecule has 0 spiro atoms. The lowest BCUT2D eigenvalue weighted by atomic mass is 10.1. The molecule has 3 atom stereocenters. The second kappa shape index (κ2) is 7.14. The zero-order chi connectivity index (χ0) is 16.3. The molecule has 0 aromatic carbocycles. The van der Waals surface area contributed by atoms with Crippen LogP contribution in [0.1, 0.15) is 33.1 Å². The molecule has 2 heterocycles. The van der Waals surface area contributed by atoms with Gasteiger partial charge in [-0.05, 0) is 26.2 Å². The fourth-order valence-corrected chi connectivity index (χ4v) is 3.98. The fraction of sp³-hybridized carbons (Fsp3) is 0.929. The summed E-state index contributed by atoms with van der Waals surface area (Å²) in [5.74, 6) is 0. The van der Waals surface area contributed by atoms with Gasteiger partial charge in [-0.2, -0.15) is 0 Å². The van der Waals surface area contributed by atoms with Crippen LogP contribution in [0, 0.1) is 0 Å². The van der Waals surface area contributed by atoms with Gasteiger partial charge in [0.1, 0.15) is 0 Å². The molecule has 0 bridgehead atoms. The molecule has 0 aromatic rings. The number of rotatable bonds is 3. The molecule has 2 saturated heterocycles. The molecule has 22 heavy (non-hydrogen) atoms. The standard InChI is InChI=1S/C14H27N3O4S/c1-4-13-10-16(8-11(2)21-13)14(18)15-12-6-5-7-17(9-12)22(3,19)20/h11-13H,4-10H2,1-3H3,(H,15,18)/t11-,12-,13+/m0/s1. The fourth-order valence-electron chi connectivity index (χ4n) is 3.06. The average molecular weight is 333 g/mol. The summed E-state index contributed by atoms with van der Waals surface area (Å²) in [4.78, 5) is 14.2. The molecule has 8 heteroatoms. The van der Waals surface area contributed by atoms with Crippen LogP contribution in [0.25, 0.3) is 0 Å². The van der Waals surface area contributed by atoms with Crippen molar-refractivity contribution in [1.82, 2.24) is 14.5 Å². The first-order chi connectivity index (χ1) is 10.3. The van der Waals surface area contributed by atoms with E-state index in [1.807, 2.05) is 13.8 Å². The predicted molar refractivity (Wildman–Crippen MR) is 84.2 cm³/mol. The van der Waals surface area contributed by atoms with Crippen molar-refractivity contribution in [2.75, 3.05) is 32.4 Å². The summed E-state index contributed by atoms with van der Waals surface area (Å²) in [5, 5.41) is 2.98. The van der Waals surface area contributed by atoms with E-state index in [4.69, 9.17) is 4.74 Å². The summed E-state index contributed by atoms with van der Waals surface area (Å²) >= 11 is 0. The van der Waals surface area contributed by atoms with Crippen LogP contribution < -0.4 is 5.32 Å². The SMILES string of the molecule is CC[C@@H]1CN(C(=O)N[C@H]2CCCN(S(C)(=O)=O)C2)C[C@H](C)O1. The maximum Gasteiger partial charge on any atom is 0.317 e. The minimum absolute atomic E-state index is 0.0309. The number of ether oxygens (including phenoxy) is 1. The summed E-state index contributed by atoms with van der Waals surface area (Å²) < 4.78 is 30.5. The summed E-state index contributed by atoms with van der Waals surface area (Å²) in [6, 6.07) is -0.233. The Morgan fingerprint density at radius 1 is 1.32 bits per heavy atom. The number of hydrogen-bond donors (Lipinski definition) is 1. The normalized spacial score (nSPS) is 31.0. The molecule has 2 amide bonds. The van der Waals surface area contributed by atoms with E-state index in [0.29, 0.717) is 26.2 Å². The number of morpholine rings is 1. The highest BCUT2D eigenvalue weighted by Gasteiger charge is 2.31. The minimum atomic E-state index is -3.19. The Hall–Kier alpha value is -0.860. The maximum atomic E-state index is 12.4. The molecule has 1 N–H and O–H groups in total. The van der Waals surface area contributed by atoms with E-state index in [1.54, 1.807) is 4.90 Å². The van der Waals surface area contributed by atoms with Crippen LogP contribution >= 0.6 is 0 Å². The minimum Gasteiger partial charge on any atom is -0.372 e. The zero-order valence-corrected chi connectivity index (χ0v) is 14.4. The summed E-state index contributed by atoms with van der Waals surface area (Å²) in [6.07, 6.45) is 3.78. The third-order valence-corrected chi connectivity index (χ3v) is 5.52. The summed E-state index contributed by atoms with van der Waals surface area (Å²) in [7, 11) is -3.19. The van der Waals surface area contributed by atoms with Gasteiger partial charge in [-0.25, -0.2) is 17.5 Å². The molecule has 0 saturated carbocycles. The molecule has 0 radical (unpaired) electrons. The Kier molecular flexibility index (Phi) is 5.68. The molecule has 0 aromatic heterocycles. The van der Waals surface area contributed by atoms with Crippen molar-refractivity contribution >= 4 is 16.1 Å². The molecule has 2 aliphatic rings. The number of carbonyl (C=O) groups excluding carboxylic acids is 1. The number of piperidine rings is 1. The number of hydrogen-bond acceptors (Lipinski definition) is 4. The number of nitrogens with zero attached hydrogens (tertiary/aromatic N) is 2. The quantitative estimate of drug-likeness (QED) is 0.821. The number of amides is 2. The van der Waals surface area contributed by atoms with Crippen molar-refractivity contribution in [3.05, 3.63) is 0 Å². The van der Waals surface area contributed by atoms with E-state index in [2.05, 4.69) is 5.32 Å². The van der Waals surface area contributed by atoms with Gasteiger partial charge in [-0.1, -0.05) is 6.92 Å². The second-order valence-electron chi connectivity index (χ2n) is 6.29. The first kappa shape index (κ1) is 17.5. The van der Waals surface area contributed by atoms with Crippen LogP contribution in [0.4, 0.5) is 4.79 Å². The van der Waals surface area contributed by atoms with Crippen LogP contribution in [-0.2, 0) is 14.8 Å². The summed E-state index contributed by atoms with van der Waals surface area (Å²) in [6.45, 7) is 6.08. The lowest BCUT2D eigenvalue weighted by molar-refractivity contribution is -0.0649. The van der Waals surface area contributed by atoms with Gasteiger partial charge in [0.05, 0.1) is 18.5 Å². The molecule has 0 aliphatic carbocycles. The smallest absolute Gasteiger partial charge is 0.317 e. The van der Waals surface area contributed by atoms with Crippen LogP contribution in [0.3, 0.4) is 0 Å². The van der Waals surface area contributed by atoms with Crippen molar-refractivity contribution in [3.63, 3.8) is 0 Å². The Balaban J connectivity index is 1.91. The predicted octanol–water partition coefficient (Wildman–Crippen LogP) is 0.619. The van der Waals surface area contributed by atoms with E-state index in [-0.39, 0.29) is 24.3 Å². The Labute approximate surface area is 133 Å². The van der Waals surface area contributed by atoms with E-state index in [1.165, 1.54) is 10.6 Å². The highest BCUT2D eigenvalue weighted by molar-refractivity contribution is 7.88. The van der Waals surface area contributed by atoms with Crippen molar-refractivity contribution in [2.45, 2.75) is 51.4 Å². The van der Waals surface area contributed by atoms with Crippen LogP contribution in [0.15, 0.2) is 0 Å². The number of nitrogens with one attached hydrogen (secondary N) is 1. The first-order valence-electron chi connectivity index (χ1n) is 7.95. The van der Waals surface area contributed by atoms with Crippen LogP contribution in [0.5, 0.6) is 0 Å². The Bertz CT molecular complexity index is 496. The van der Waals surface area contributed by atoms with E-state index in [0.717, 1.165) is 19.3 Å². The lowest BCUT2D eigenvalue weighted by Gasteiger charge is -2.38. The van der Waals surface area contributed by atoms with E-state index >= 15 is 0 Å². The van der Waals surface area contributed by atoms with Crippen molar-refractivity contribution in [3.8, 4) is 0 Å². The van der Waals surface area contributed by atoms with Crippen LogP contribution in [-0.4, -0.2) is 74.3 Å². The maximum absolute atomic E-state index is 12.4. The number of carbonyl (C=O) groups is 1. The van der Waals surface area contributed by atoms with Crippen molar-refractivity contribution in [2.24, 2.45) is 0 Å². The number of urea groups is 1. The van der Waals surface area contributed by atoms with Gasteiger partial charge in [0.2, 0.25) is 10.0 Å². The topological polar surface area (TPSA) is 79.0 Å². The Morgan fingerprint density at radius 2 is 2.05 bits per heavy atom. The van der Waals surface area contributed by atoms with Gasteiger partial charge < -0.3 is 15.0 Å². The zero-order valence-electron chi connectivity index (χ0n) is 13.6. The average Bonchev–Trinajstić information content (AvgIpc) is 2.46. The Morgan fingerprint density at radius 3 is 2.68 bits per heavy atom. The molecular formula is C14H27N3O4S. The highest BCUT2D eigenvalue weighted by Crippen LogP contribution is 2.16. The molecule has 2 aliphatic heterocycles. The second-order valence-corrected chi connectivity index (χ2v) is 8.27. The van der Waals surface area contributed by atoms with Gasteiger partial charge in [0.15, 0.2) is 0 Å². The molecular weight excluding hydrogens is 306 g/mol. The largest absolute Gasteiger partial charge is 0.372 e. The molecule has 0 unspecified atom stereocenters. The molecule has 7 nitrogen and oxygen atoms in total. The van der Waals surface area contributed by atoms with Crippen LogP contribution in [0.2, 0.25) is 0 Å². The highest BCUT2D eigenvalue weighted by atomic mass is 32.2. The monoisotopic (exact) mass is 333 g/mol. The molecule has 2 rings (SSSR count). The molecule has 2 fully saturated rings. The van der Waals surface area contributed by atoms with Gasteiger partial charge in [0.25, 0.3) is 0 Å². The lowest BCUT2D eigenvalue weighted by Crippen LogP contribution is -2.56. The third-order valence-electron chi connectivity index (χ3n) is 4.25. The van der Waals surface area contributed by atoms with E-state index in [9.17, 15) is 13.2 Å². The van der Waals surface area contributed by atoms with Crippen molar-refractivity contribution < 1.29 is 17.9 Å². The van der Waals surface area contributed by atoms with Gasteiger partial charge >= 0.3 is 6.03 Å². The van der Waals surface area contributed by atoms with Gasteiger partial charge in [0, 0.05) is 32.2 Å². The summed E-state index contributed by atoms with van der Waals surface area (Å²) in [5.41, 5.74) is 0. The third kappa shape index (κ3) is 4.57. The van der Waals surface area contributed by atoms with Gasteiger partial charge in [-0.15, -0.1) is 0 Å².